The normalized spacial score (nSPS) is 12.5. The van der Waals surface area contributed by atoms with Gasteiger partial charge in [-0.05, 0) is 45.4 Å². The molecular formula is C14H19Cl2NO2. The Morgan fingerprint density at radius 1 is 1.26 bits per heavy atom. The van der Waals surface area contributed by atoms with E-state index in [9.17, 15) is 9.90 Å². The number of rotatable bonds is 5. The molecule has 0 heterocycles. The van der Waals surface area contributed by atoms with Crippen LogP contribution in [0.1, 0.15) is 33.3 Å². The Balaban J connectivity index is 2.83. The largest absolute Gasteiger partial charge is 0.481 e. The number of carbonyl (C=O) groups is 1. The number of carboxylic acids is 1. The maximum atomic E-state index is 11.3. The van der Waals surface area contributed by atoms with Crippen molar-refractivity contribution in [2.75, 3.05) is 0 Å². The van der Waals surface area contributed by atoms with Crippen molar-refractivity contribution in [1.82, 2.24) is 5.32 Å². The molecule has 1 aromatic carbocycles. The molecule has 2 N–H and O–H groups in total. The predicted octanol–water partition coefficient (Wildman–Crippen LogP) is 3.97. The molecule has 0 aliphatic heterocycles. The minimum Gasteiger partial charge on any atom is -0.481 e. The van der Waals surface area contributed by atoms with Crippen LogP contribution < -0.4 is 5.32 Å². The van der Waals surface area contributed by atoms with E-state index >= 15 is 0 Å². The lowest BCUT2D eigenvalue weighted by Crippen LogP contribution is -2.54. The van der Waals surface area contributed by atoms with Crippen molar-refractivity contribution < 1.29 is 9.90 Å². The molecule has 0 spiro atoms. The second-order valence-corrected chi connectivity index (χ2v) is 6.49. The van der Waals surface area contributed by atoms with E-state index in [0.29, 0.717) is 16.6 Å². The van der Waals surface area contributed by atoms with Crippen LogP contribution in [0.3, 0.4) is 0 Å². The monoisotopic (exact) mass is 303 g/mol. The second kappa shape index (κ2) is 5.70. The first-order chi connectivity index (χ1) is 8.58. The van der Waals surface area contributed by atoms with Gasteiger partial charge in [-0.3, -0.25) is 4.79 Å². The van der Waals surface area contributed by atoms with Crippen LogP contribution >= 0.6 is 23.2 Å². The zero-order valence-corrected chi connectivity index (χ0v) is 13.1. The fraction of sp³-hybridized carbons (Fsp3) is 0.500. The van der Waals surface area contributed by atoms with Crippen LogP contribution in [-0.4, -0.2) is 16.6 Å². The molecular weight excluding hydrogens is 285 g/mol. The number of benzene rings is 1. The van der Waals surface area contributed by atoms with Crippen molar-refractivity contribution in [3.8, 4) is 0 Å². The van der Waals surface area contributed by atoms with E-state index < -0.39 is 16.9 Å². The van der Waals surface area contributed by atoms with Gasteiger partial charge < -0.3 is 10.4 Å². The Kier molecular flexibility index (Phi) is 4.88. The third kappa shape index (κ3) is 3.62. The topological polar surface area (TPSA) is 49.3 Å². The number of carboxylic acid groups (broad SMARTS) is 1. The third-order valence-electron chi connectivity index (χ3n) is 3.83. The average Bonchev–Trinajstić information content (AvgIpc) is 2.27. The molecule has 0 fully saturated rings. The van der Waals surface area contributed by atoms with Gasteiger partial charge in [0.25, 0.3) is 0 Å². The first kappa shape index (κ1) is 16.3. The summed E-state index contributed by atoms with van der Waals surface area (Å²) in [7, 11) is 0. The molecule has 0 aromatic heterocycles. The van der Waals surface area contributed by atoms with Crippen LogP contribution in [0.4, 0.5) is 0 Å². The molecule has 19 heavy (non-hydrogen) atoms. The van der Waals surface area contributed by atoms with E-state index in [1.165, 1.54) is 0 Å². The van der Waals surface area contributed by atoms with Gasteiger partial charge in [-0.25, -0.2) is 0 Å². The summed E-state index contributed by atoms with van der Waals surface area (Å²) < 4.78 is 0. The van der Waals surface area contributed by atoms with Crippen molar-refractivity contribution in [3.63, 3.8) is 0 Å². The average molecular weight is 304 g/mol. The smallest absolute Gasteiger partial charge is 0.310 e. The number of nitrogens with one attached hydrogen (secondary N) is 1. The molecule has 0 saturated heterocycles. The molecule has 0 unspecified atom stereocenters. The molecule has 1 rings (SSSR count). The summed E-state index contributed by atoms with van der Waals surface area (Å²) in [6, 6.07) is 5.27. The summed E-state index contributed by atoms with van der Waals surface area (Å²) in [5, 5.41) is 13.7. The summed E-state index contributed by atoms with van der Waals surface area (Å²) in [6.45, 7) is 7.62. The lowest BCUT2D eigenvalue weighted by atomic mass is 9.74. The van der Waals surface area contributed by atoms with Gasteiger partial charge in [-0.1, -0.05) is 29.3 Å². The van der Waals surface area contributed by atoms with Gasteiger partial charge in [0.2, 0.25) is 0 Å². The molecule has 0 amide bonds. The maximum absolute atomic E-state index is 11.3. The molecule has 1 aromatic rings. The van der Waals surface area contributed by atoms with Crippen LogP contribution in [0.15, 0.2) is 18.2 Å². The number of halogens is 2. The van der Waals surface area contributed by atoms with E-state index in [0.717, 1.165) is 5.56 Å². The van der Waals surface area contributed by atoms with Gasteiger partial charge in [-0.15, -0.1) is 0 Å². The quantitative estimate of drug-likeness (QED) is 0.865. The zero-order chi connectivity index (χ0) is 14.8. The first-order valence-corrected chi connectivity index (χ1v) is 6.76. The van der Waals surface area contributed by atoms with Crippen molar-refractivity contribution in [3.05, 3.63) is 33.8 Å². The van der Waals surface area contributed by atoms with Crippen molar-refractivity contribution in [1.29, 1.82) is 0 Å². The van der Waals surface area contributed by atoms with Crippen molar-refractivity contribution >= 4 is 29.2 Å². The summed E-state index contributed by atoms with van der Waals surface area (Å²) in [4.78, 5) is 11.3. The Morgan fingerprint density at radius 3 is 2.32 bits per heavy atom. The molecule has 5 heteroatoms. The summed E-state index contributed by atoms with van der Waals surface area (Å²) in [5.74, 6) is -0.841. The van der Waals surface area contributed by atoms with E-state index in [2.05, 4.69) is 5.32 Å². The lowest BCUT2D eigenvalue weighted by molar-refractivity contribution is -0.151. The SMILES string of the molecule is CC(C)(NCc1ccc(Cl)cc1Cl)C(C)(C)C(=O)O. The van der Waals surface area contributed by atoms with E-state index in [1.807, 2.05) is 19.9 Å². The minimum absolute atomic E-state index is 0.486. The standard InChI is InChI=1S/C14H19Cl2NO2/c1-13(2,12(18)19)14(3,4)17-8-9-5-6-10(15)7-11(9)16/h5-7,17H,8H2,1-4H3,(H,18,19). The van der Waals surface area contributed by atoms with Crippen LogP contribution in [0.25, 0.3) is 0 Å². The summed E-state index contributed by atoms with van der Waals surface area (Å²) >= 11 is 11.9. The highest BCUT2D eigenvalue weighted by molar-refractivity contribution is 6.35. The van der Waals surface area contributed by atoms with E-state index in [1.54, 1.807) is 26.0 Å². The van der Waals surface area contributed by atoms with E-state index in [4.69, 9.17) is 23.2 Å². The number of hydrogen-bond donors (Lipinski definition) is 2. The number of hydrogen-bond acceptors (Lipinski definition) is 2. The molecule has 0 aliphatic carbocycles. The summed E-state index contributed by atoms with van der Waals surface area (Å²) in [6.07, 6.45) is 0. The molecule has 0 atom stereocenters. The molecule has 3 nitrogen and oxygen atoms in total. The van der Waals surface area contributed by atoms with Crippen LogP contribution in [0, 0.1) is 5.41 Å². The fourth-order valence-electron chi connectivity index (χ4n) is 1.47. The maximum Gasteiger partial charge on any atom is 0.310 e. The minimum atomic E-state index is -0.897. The zero-order valence-electron chi connectivity index (χ0n) is 11.6. The third-order valence-corrected chi connectivity index (χ3v) is 4.42. The second-order valence-electron chi connectivity index (χ2n) is 5.64. The Bertz CT molecular complexity index is 484. The Labute approximate surface area is 123 Å². The molecule has 106 valence electrons. The summed E-state index contributed by atoms with van der Waals surface area (Å²) in [5.41, 5.74) is -0.589. The fourth-order valence-corrected chi connectivity index (χ4v) is 1.94. The van der Waals surface area contributed by atoms with Crippen molar-refractivity contribution in [2.24, 2.45) is 5.41 Å². The molecule has 0 bridgehead atoms. The van der Waals surface area contributed by atoms with Gasteiger partial charge in [0.1, 0.15) is 0 Å². The van der Waals surface area contributed by atoms with Gasteiger partial charge >= 0.3 is 5.97 Å². The first-order valence-electron chi connectivity index (χ1n) is 6.00. The number of aliphatic carboxylic acids is 1. The van der Waals surface area contributed by atoms with Crippen LogP contribution in [0.5, 0.6) is 0 Å². The van der Waals surface area contributed by atoms with Gasteiger partial charge in [0.15, 0.2) is 0 Å². The highest BCUT2D eigenvalue weighted by Crippen LogP contribution is 2.31. The van der Waals surface area contributed by atoms with Crippen LogP contribution in [0.2, 0.25) is 10.0 Å². The molecule has 0 radical (unpaired) electrons. The molecule has 0 saturated carbocycles. The predicted molar refractivity (Wildman–Crippen MR) is 78.8 cm³/mol. The van der Waals surface area contributed by atoms with Gasteiger partial charge in [-0.2, -0.15) is 0 Å². The van der Waals surface area contributed by atoms with E-state index in [-0.39, 0.29) is 0 Å². The van der Waals surface area contributed by atoms with Gasteiger partial charge in [0.05, 0.1) is 5.41 Å². The highest BCUT2D eigenvalue weighted by atomic mass is 35.5. The Hall–Kier alpha value is -0.770. The molecule has 0 aliphatic rings. The van der Waals surface area contributed by atoms with Gasteiger partial charge in [0, 0.05) is 22.1 Å². The van der Waals surface area contributed by atoms with Crippen LogP contribution in [-0.2, 0) is 11.3 Å². The lowest BCUT2D eigenvalue weighted by Gasteiger charge is -2.39. The van der Waals surface area contributed by atoms with Crippen molar-refractivity contribution in [2.45, 2.75) is 39.8 Å². The highest BCUT2D eigenvalue weighted by Gasteiger charge is 2.43. The Morgan fingerprint density at radius 2 is 1.84 bits per heavy atom.